The number of pyridine rings is 1. The van der Waals surface area contributed by atoms with Gasteiger partial charge in [-0.15, -0.1) is 0 Å². The Kier molecular flexibility index (Phi) is 7.84. The smallest absolute Gasteiger partial charge is 0.251 e. The predicted molar refractivity (Wildman–Crippen MR) is 127 cm³/mol. The molecule has 1 N–H and O–H groups in total. The van der Waals surface area contributed by atoms with Crippen LogP contribution in [-0.2, 0) is 16.1 Å². The van der Waals surface area contributed by atoms with Crippen molar-refractivity contribution in [3.63, 3.8) is 0 Å². The predicted octanol–water partition coefficient (Wildman–Crippen LogP) is 2.11. The fourth-order valence-corrected chi connectivity index (χ4v) is 4.64. The molecule has 4 heterocycles. The second-order valence-electron chi connectivity index (χ2n) is 9.18. The number of nitrogens with zero attached hydrogens (tertiary/aromatic N) is 5. The van der Waals surface area contributed by atoms with Gasteiger partial charge in [0.1, 0.15) is 11.9 Å². The summed E-state index contributed by atoms with van der Waals surface area (Å²) >= 11 is 0. The summed E-state index contributed by atoms with van der Waals surface area (Å²) in [5.74, 6) is 2.95. The summed E-state index contributed by atoms with van der Waals surface area (Å²) in [6.07, 6.45) is 6.05. The number of anilines is 1. The van der Waals surface area contributed by atoms with Gasteiger partial charge in [0.25, 0.3) is 5.91 Å². The van der Waals surface area contributed by atoms with E-state index < -0.39 is 0 Å². The summed E-state index contributed by atoms with van der Waals surface area (Å²) < 4.78 is 5.57. The molecule has 8 nitrogen and oxygen atoms in total. The first-order chi connectivity index (χ1) is 15.6. The summed E-state index contributed by atoms with van der Waals surface area (Å²) in [6, 6.07) is 4.27. The van der Waals surface area contributed by atoms with Crippen LogP contribution < -0.4 is 10.2 Å². The highest BCUT2D eigenvalue weighted by Gasteiger charge is 2.30. The molecule has 8 heteroatoms. The molecular formula is C24H38N6O2. The van der Waals surface area contributed by atoms with Gasteiger partial charge in [-0.2, -0.15) is 0 Å². The van der Waals surface area contributed by atoms with E-state index in [0.29, 0.717) is 26.2 Å². The van der Waals surface area contributed by atoms with Crippen LogP contribution in [0.5, 0.6) is 0 Å². The van der Waals surface area contributed by atoms with Crippen molar-refractivity contribution in [1.29, 1.82) is 0 Å². The van der Waals surface area contributed by atoms with Crippen LogP contribution in [0, 0.1) is 5.92 Å². The van der Waals surface area contributed by atoms with Crippen LogP contribution in [0.4, 0.5) is 5.82 Å². The Morgan fingerprint density at radius 2 is 1.88 bits per heavy atom. The van der Waals surface area contributed by atoms with Crippen LogP contribution in [0.25, 0.3) is 0 Å². The number of aliphatic imine (C=N–C) groups is 1. The number of hydrogen-bond donors (Lipinski definition) is 1. The van der Waals surface area contributed by atoms with Crippen LogP contribution in [0.1, 0.15) is 45.1 Å². The van der Waals surface area contributed by atoms with Crippen LogP contribution in [0.2, 0.25) is 0 Å². The van der Waals surface area contributed by atoms with E-state index in [4.69, 9.17) is 14.7 Å². The zero-order chi connectivity index (χ0) is 22.3. The second kappa shape index (κ2) is 11.0. The van der Waals surface area contributed by atoms with Crippen LogP contribution in [0.15, 0.2) is 23.3 Å². The number of nitrogens with one attached hydrogen (secondary N) is 1. The van der Waals surface area contributed by atoms with Gasteiger partial charge in [0.05, 0.1) is 6.54 Å². The van der Waals surface area contributed by atoms with Crippen molar-refractivity contribution in [2.75, 3.05) is 57.3 Å². The van der Waals surface area contributed by atoms with Crippen LogP contribution in [-0.4, -0.2) is 85.2 Å². The minimum absolute atomic E-state index is 0.151. The molecule has 1 amide bonds. The lowest BCUT2D eigenvalue weighted by Crippen LogP contribution is -2.55. The Labute approximate surface area is 192 Å². The molecule has 0 radical (unpaired) electrons. The minimum atomic E-state index is -0.229. The second-order valence-corrected chi connectivity index (χ2v) is 9.18. The molecule has 1 aromatic rings. The number of piperidine rings is 1. The van der Waals surface area contributed by atoms with Crippen molar-refractivity contribution in [2.45, 2.75) is 52.2 Å². The van der Waals surface area contributed by atoms with Gasteiger partial charge in [0.15, 0.2) is 5.96 Å². The normalized spacial score (nSPS) is 23.0. The fraction of sp³-hybridized carbons (Fsp3) is 0.708. The molecule has 0 saturated carbocycles. The van der Waals surface area contributed by atoms with Crippen molar-refractivity contribution in [2.24, 2.45) is 10.9 Å². The average molecular weight is 443 g/mol. The number of ether oxygens (including phenoxy) is 1. The van der Waals surface area contributed by atoms with Gasteiger partial charge >= 0.3 is 0 Å². The number of amides is 1. The molecule has 3 aliphatic rings. The SMILES string of the molecule is CCNC(=NCc1ccc(N2CCC(C)CC2)nc1)N1CCN(C(=O)C2CCCO2)CC1. The van der Waals surface area contributed by atoms with Crippen LogP contribution >= 0.6 is 0 Å². The third kappa shape index (κ3) is 5.71. The maximum atomic E-state index is 12.6. The molecule has 0 aliphatic carbocycles. The molecular weight excluding hydrogens is 404 g/mol. The van der Waals surface area contributed by atoms with E-state index in [2.05, 4.69) is 41.1 Å². The molecule has 1 atom stereocenters. The number of guanidine groups is 1. The lowest BCUT2D eigenvalue weighted by molar-refractivity contribution is -0.142. The first kappa shape index (κ1) is 22.8. The largest absolute Gasteiger partial charge is 0.368 e. The summed E-state index contributed by atoms with van der Waals surface area (Å²) in [6.45, 7) is 11.7. The number of aromatic nitrogens is 1. The third-order valence-electron chi connectivity index (χ3n) is 6.76. The van der Waals surface area contributed by atoms with Crippen molar-refractivity contribution in [1.82, 2.24) is 20.1 Å². The maximum absolute atomic E-state index is 12.6. The minimum Gasteiger partial charge on any atom is -0.368 e. The zero-order valence-electron chi connectivity index (χ0n) is 19.6. The van der Waals surface area contributed by atoms with E-state index in [1.54, 1.807) is 0 Å². The van der Waals surface area contributed by atoms with E-state index in [1.807, 2.05) is 11.1 Å². The zero-order valence-corrected chi connectivity index (χ0v) is 19.6. The molecule has 176 valence electrons. The van der Waals surface area contributed by atoms with E-state index in [1.165, 1.54) is 12.8 Å². The van der Waals surface area contributed by atoms with Gasteiger partial charge in [0.2, 0.25) is 0 Å². The van der Waals surface area contributed by atoms with Crippen molar-refractivity contribution >= 4 is 17.7 Å². The Hall–Kier alpha value is -2.35. The Morgan fingerprint density at radius 3 is 2.50 bits per heavy atom. The van der Waals surface area contributed by atoms with Gasteiger partial charge in [-0.05, 0) is 50.2 Å². The number of rotatable bonds is 5. The van der Waals surface area contributed by atoms with E-state index in [9.17, 15) is 4.79 Å². The summed E-state index contributed by atoms with van der Waals surface area (Å²) in [7, 11) is 0. The van der Waals surface area contributed by atoms with E-state index in [-0.39, 0.29) is 12.0 Å². The van der Waals surface area contributed by atoms with Gasteiger partial charge in [-0.25, -0.2) is 9.98 Å². The maximum Gasteiger partial charge on any atom is 0.251 e. The van der Waals surface area contributed by atoms with Gasteiger partial charge < -0.3 is 24.8 Å². The summed E-state index contributed by atoms with van der Waals surface area (Å²) in [5, 5.41) is 3.41. The van der Waals surface area contributed by atoms with Gasteiger partial charge in [-0.1, -0.05) is 13.0 Å². The summed E-state index contributed by atoms with van der Waals surface area (Å²) in [4.78, 5) is 28.7. The third-order valence-corrected chi connectivity index (χ3v) is 6.76. The molecule has 0 spiro atoms. The standard InChI is InChI=1S/C24H38N6O2/c1-3-25-24(30-14-12-29(13-15-30)23(31)21-5-4-16-32-21)27-18-20-6-7-22(26-17-20)28-10-8-19(2)9-11-28/h6-7,17,19,21H,3-5,8-16,18H2,1-2H3,(H,25,27). The van der Waals surface area contributed by atoms with E-state index in [0.717, 1.165) is 68.8 Å². The highest BCUT2D eigenvalue weighted by atomic mass is 16.5. The Bertz CT molecular complexity index is 761. The molecule has 3 aliphatic heterocycles. The number of hydrogen-bond acceptors (Lipinski definition) is 5. The van der Waals surface area contributed by atoms with Crippen molar-refractivity contribution in [3.8, 4) is 0 Å². The molecule has 3 saturated heterocycles. The lowest BCUT2D eigenvalue weighted by Gasteiger charge is -2.37. The molecule has 3 fully saturated rings. The lowest BCUT2D eigenvalue weighted by atomic mass is 9.99. The Balaban J connectivity index is 1.30. The topological polar surface area (TPSA) is 73.3 Å². The highest BCUT2D eigenvalue weighted by Crippen LogP contribution is 2.21. The first-order valence-electron chi connectivity index (χ1n) is 12.3. The summed E-state index contributed by atoms with van der Waals surface area (Å²) in [5.41, 5.74) is 1.11. The van der Waals surface area contributed by atoms with Gasteiger partial charge in [-0.3, -0.25) is 4.79 Å². The molecule has 4 rings (SSSR count). The van der Waals surface area contributed by atoms with Crippen molar-refractivity contribution in [3.05, 3.63) is 23.9 Å². The first-order valence-corrected chi connectivity index (χ1v) is 12.3. The quantitative estimate of drug-likeness (QED) is 0.556. The average Bonchev–Trinajstić information content (AvgIpc) is 3.37. The Morgan fingerprint density at radius 1 is 1.12 bits per heavy atom. The molecule has 0 bridgehead atoms. The highest BCUT2D eigenvalue weighted by molar-refractivity contribution is 5.82. The van der Waals surface area contributed by atoms with Crippen molar-refractivity contribution < 1.29 is 9.53 Å². The molecule has 32 heavy (non-hydrogen) atoms. The fourth-order valence-electron chi connectivity index (χ4n) is 4.64. The molecule has 1 unspecified atom stereocenters. The number of carbonyl (C=O) groups excluding carboxylic acids is 1. The monoisotopic (exact) mass is 442 g/mol. The van der Waals surface area contributed by atoms with Crippen LogP contribution in [0.3, 0.4) is 0 Å². The molecule has 0 aromatic carbocycles. The number of piperazine rings is 1. The molecule has 1 aromatic heterocycles. The van der Waals surface area contributed by atoms with Gasteiger partial charge in [0, 0.05) is 58.6 Å². The number of carbonyl (C=O) groups is 1. The van der Waals surface area contributed by atoms with E-state index >= 15 is 0 Å².